The van der Waals surface area contributed by atoms with Crippen LogP contribution in [0.4, 0.5) is 5.69 Å². The first-order valence-electron chi connectivity index (χ1n) is 5.40. The molecule has 0 aliphatic rings. The number of nitrogen functional groups attached to an aromatic ring is 1. The number of aromatic amines is 1. The van der Waals surface area contributed by atoms with Crippen LogP contribution in [0, 0.1) is 0 Å². The molecule has 0 aliphatic carbocycles. The minimum Gasteiger partial charge on any atom is -0.494 e. The lowest BCUT2D eigenvalue weighted by molar-refractivity contribution is 0.0948. The molecule has 0 aliphatic heterocycles. The quantitative estimate of drug-likeness (QED) is 0.703. The Morgan fingerprint density at radius 3 is 2.94 bits per heavy atom. The van der Waals surface area contributed by atoms with E-state index in [1.54, 1.807) is 19.2 Å². The van der Waals surface area contributed by atoms with Gasteiger partial charge in [-0.05, 0) is 25.1 Å². The van der Waals surface area contributed by atoms with Gasteiger partial charge in [0.1, 0.15) is 5.69 Å². The summed E-state index contributed by atoms with van der Waals surface area (Å²) in [5.41, 5.74) is 7.56. The Hall–Kier alpha value is -2.17. The lowest BCUT2D eigenvalue weighted by Crippen LogP contribution is -2.23. The number of nitrogens with one attached hydrogen (secondary N) is 2. The summed E-state index contributed by atoms with van der Waals surface area (Å²) >= 11 is 0. The van der Waals surface area contributed by atoms with Crippen molar-refractivity contribution in [2.24, 2.45) is 0 Å². The first-order chi connectivity index (χ1) is 8.17. The van der Waals surface area contributed by atoms with Crippen LogP contribution in [0.1, 0.15) is 17.4 Å². The van der Waals surface area contributed by atoms with Crippen LogP contribution >= 0.6 is 0 Å². The number of benzene rings is 1. The second kappa shape index (κ2) is 4.37. The number of aromatic nitrogens is 1. The highest BCUT2D eigenvalue weighted by molar-refractivity contribution is 6.03. The van der Waals surface area contributed by atoms with Crippen LogP contribution in [0.25, 0.3) is 10.9 Å². The predicted octanol–water partition coefficient (Wildman–Crippen LogP) is 1.51. The maximum Gasteiger partial charge on any atom is 0.271 e. The molecule has 1 aromatic heterocycles. The van der Waals surface area contributed by atoms with E-state index in [9.17, 15) is 4.79 Å². The van der Waals surface area contributed by atoms with Crippen molar-refractivity contribution in [1.82, 2.24) is 10.3 Å². The maximum absolute atomic E-state index is 11.8. The van der Waals surface area contributed by atoms with Gasteiger partial charge in [0.2, 0.25) is 0 Å². The molecule has 0 unspecified atom stereocenters. The SMILES string of the molecule is CCNC(=O)c1[nH]c2cc(N)ccc2c1OC. The van der Waals surface area contributed by atoms with Gasteiger partial charge in [-0.3, -0.25) is 4.79 Å². The van der Waals surface area contributed by atoms with Crippen LogP contribution in [0.5, 0.6) is 5.75 Å². The third-order valence-electron chi connectivity index (χ3n) is 2.54. The molecule has 2 rings (SSSR count). The molecule has 0 spiro atoms. The maximum atomic E-state index is 11.8. The van der Waals surface area contributed by atoms with E-state index in [1.165, 1.54) is 0 Å². The zero-order valence-corrected chi connectivity index (χ0v) is 9.83. The molecule has 4 N–H and O–H groups in total. The van der Waals surface area contributed by atoms with Crippen molar-refractivity contribution in [3.8, 4) is 5.75 Å². The number of amides is 1. The summed E-state index contributed by atoms with van der Waals surface area (Å²) in [6.45, 7) is 2.44. The molecule has 1 amide bonds. The molecule has 0 radical (unpaired) electrons. The molecule has 17 heavy (non-hydrogen) atoms. The molecule has 0 bridgehead atoms. The second-order valence-electron chi connectivity index (χ2n) is 3.70. The third-order valence-corrected chi connectivity index (χ3v) is 2.54. The van der Waals surface area contributed by atoms with Crippen LogP contribution in [0.15, 0.2) is 18.2 Å². The summed E-state index contributed by atoms with van der Waals surface area (Å²) in [5, 5.41) is 3.58. The van der Waals surface area contributed by atoms with Gasteiger partial charge >= 0.3 is 0 Å². The zero-order chi connectivity index (χ0) is 12.4. The van der Waals surface area contributed by atoms with Gasteiger partial charge in [0.25, 0.3) is 5.91 Å². The first-order valence-corrected chi connectivity index (χ1v) is 5.40. The van der Waals surface area contributed by atoms with E-state index in [0.29, 0.717) is 23.7 Å². The van der Waals surface area contributed by atoms with Crippen LogP contribution in [-0.4, -0.2) is 24.5 Å². The van der Waals surface area contributed by atoms with Gasteiger partial charge in [-0.2, -0.15) is 0 Å². The highest BCUT2D eigenvalue weighted by atomic mass is 16.5. The van der Waals surface area contributed by atoms with E-state index in [4.69, 9.17) is 10.5 Å². The van der Waals surface area contributed by atoms with Gasteiger partial charge in [0, 0.05) is 17.6 Å². The minimum atomic E-state index is -0.181. The molecule has 5 heteroatoms. The monoisotopic (exact) mass is 233 g/mol. The van der Waals surface area contributed by atoms with Crippen LogP contribution in [0.2, 0.25) is 0 Å². The molecular weight excluding hydrogens is 218 g/mol. The number of methoxy groups -OCH3 is 1. The van der Waals surface area contributed by atoms with Crippen molar-refractivity contribution in [3.63, 3.8) is 0 Å². The summed E-state index contributed by atoms with van der Waals surface area (Å²) in [4.78, 5) is 14.8. The molecule has 0 atom stereocenters. The van der Waals surface area contributed by atoms with E-state index in [-0.39, 0.29) is 5.91 Å². The Morgan fingerprint density at radius 1 is 1.53 bits per heavy atom. The smallest absolute Gasteiger partial charge is 0.271 e. The van der Waals surface area contributed by atoms with Gasteiger partial charge in [0.15, 0.2) is 5.75 Å². The van der Waals surface area contributed by atoms with E-state index in [0.717, 1.165) is 10.9 Å². The third kappa shape index (κ3) is 1.91. The average molecular weight is 233 g/mol. The molecule has 2 aromatic rings. The molecular formula is C12H15N3O2. The molecule has 0 saturated heterocycles. The number of fused-ring (bicyclic) bond motifs is 1. The average Bonchev–Trinajstić information content (AvgIpc) is 2.66. The summed E-state index contributed by atoms with van der Waals surface area (Å²) < 4.78 is 5.27. The Balaban J connectivity index is 2.59. The lowest BCUT2D eigenvalue weighted by Gasteiger charge is -2.02. The van der Waals surface area contributed by atoms with E-state index in [2.05, 4.69) is 10.3 Å². The number of ether oxygens (including phenoxy) is 1. The Morgan fingerprint density at radius 2 is 2.29 bits per heavy atom. The standard InChI is InChI=1S/C12H15N3O2/c1-3-14-12(16)10-11(17-2)8-5-4-7(13)6-9(8)15-10/h4-6,15H,3,13H2,1-2H3,(H,14,16). The van der Waals surface area contributed by atoms with Crippen LogP contribution < -0.4 is 15.8 Å². The van der Waals surface area contributed by atoms with Crippen molar-refractivity contribution in [3.05, 3.63) is 23.9 Å². The van der Waals surface area contributed by atoms with Crippen molar-refractivity contribution < 1.29 is 9.53 Å². The Labute approximate surface area is 98.9 Å². The molecule has 90 valence electrons. The number of carbonyl (C=O) groups is 1. The predicted molar refractivity (Wildman–Crippen MR) is 67.3 cm³/mol. The topological polar surface area (TPSA) is 80.1 Å². The van der Waals surface area contributed by atoms with E-state index >= 15 is 0 Å². The number of nitrogens with two attached hydrogens (primary N) is 1. The molecule has 0 saturated carbocycles. The van der Waals surface area contributed by atoms with Gasteiger partial charge < -0.3 is 20.8 Å². The summed E-state index contributed by atoms with van der Waals surface area (Å²) in [5.74, 6) is 0.366. The lowest BCUT2D eigenvalue weighted by atomic mass is 10.2. The molecule has 5 nitrogen and oxygen atoms in total. The fraction of sp³-hybridized carbons (Fsp3) is 0.250. The molecule has 1 aromatic carbocycles. The Bertz CT molecular complexity index is 560. The number of carbonyl (C=O) groups excluding carboxylic acids is 1. The number of hydrogen-bond donors (Lipinski definition) is 3. The van der Waals surface area contributed by atoms with Gasteiger partial charge in [-0.15, -0.1) is 0 Å². The summed E-state index contributed by atoms with van der Waals surface area (Å²) in [6, 6.07) is 5.39. The molecule has 1 heterocycles. The van der Waals surface area contributed by atoms with Crippen molar-refractivity contribution in [2.45, 2.75) is 6.92 Å². The number of rotatable bonds is 3. The van der Waals surface area contributed by atoms with Gasteiger partial charge in [-0.1, -0.05) is 0 Å². The highest BCUT2D eigenvalue weighted by Gasteiger charge is 2.17. The number of H-pyrrole nitrogens is 1. The first kappa shape index (κ1) is 11.3. The largest absolute Gasteiger partial charge is 0.494 e. The second-order valence-corrected chi connectivity index (χ2v) is 3.70. The number of hydrogen-bond acceptors (Lipinski definition) is 3. The minimum absolute atomic E-state index is 0.181. The van der Waals surface area contributed by atoms with Gasteiger partial charge in [0.05, 0.1) is 12.6 Å². The van der Waals surface area contributed by atoms with E-state index < -0.39 is 0 Å². The van der Waals surface area contributed by atoms with Crippen LogP contribution in [-0.2, 0) is 0 Å². The van der Waals surface area contributed by atoms with Crippen LogP contribution in [0.3, 0.4) is 0 Å². The van der Waals surface area contributed by atoms with Crippen molar-refractivity contribution >= 4 is 22.5 Å². The fourth-order valence-corrected chi connectivity index (χ4v) is 1.81. The summed E-state index contributed by atoms with van der Waals surface area (Å²) in [6.07, 6.45) is 0. The number of anilines is 1. The van der Waals surface area contributed by atoms with Gasteiger partial charge in [-0.25, -0.2) is 0 Å². The zero-order valence-electron chi connectivity index (χ0n) is 9.83. The highest BCUT2D eigenvalue weighted by Crippen LogP contribution is 2.30. The molecule has 0 fully saturated rings. The van der Waals surface area contributed by atoms with Crippen molar-refractivity contribution in [1.29, 1.82) is 0 Å². The Kier molecular flexibility index (Phi) is 2.91. The van der Waals surface area contributed by atoms with Crippen molar-refractivity contribution in [2.75, 3.05) is 19.4 Å². The summed E-state index contributed by atoms with van der Waals surface area (Å²) in [7, 11) is 1.54. The normalized spacial score (nSPS) is 10.5. The van der Waals surface area contributed by atoms with E-state index in [1.807, 2.05) is 13.0 Å². The fourth-order valence-electron chi connectivity index (χ4n) is 1.81.